The molecule has 0 amide bonds. The molecule has 6 heteroatoms. The summed E-state index contributed by atoms with van der Waals surface area (Å²) in [6.45, 7) is 4.25. The smallest absolute Gasteiger partial charge is 0.226 e. The number of ketones is 1. The summed E-state index contributed by atoms with van der Waals surface area (Å²) in [5, 5.41) is 8.15. The molecule has 140 valence electrons. The molecule has 3 aromatic rings. The fraction of sp³-hybridized carbons (Fsp3) is 0.273. The highest BCUT2D eigenvalue weighted by Gasteiger charge is 2.42. The van der Waals surface area contributed by atoms with Crippen molar-refractivity contribution in [1.82, 2.24) is 19.7 Å². The highest BCUT2D eigenvalue weighted by atomic mass is 16.1. The van der Waals surface area contributed by atoms with E-state index in [2.05, 4.69) is 24.1 Å². The molecule has 0 bridgehead atoms. The van der Waals surface area contributed by atoms with Crippen molar-refractivity contribution in [3.63, 3.8) is 0 Å². The van der Waals surface area contributed by atoms with E-state index < -0.39 is 0 Å². The predicted octanol–water partition coefficient (Wildman–Crippen LogP) is 4.00. The van der Waals surface area contributed by atoms with Crippen molar-refractivity contribution in [2.45, 2.75) is 32.7 Å². The summed E-state index contributed by atoms with van der Waals surface area (Å²) < 4.78 is 1.81. The number of pyridine rings is 1. The molecule has 2 aromatic heterocycles. The number of nitrogens with zero attached hydrogens (tertiary/aromatic N) is 4. The Kier molecular flexibility index (Phi) is 3.69. The lowest BCUT2D eigenvalue weighted by atomic mass is 9.73. The number of carbonyl (C=O) groups excluding carboxylic acids is 1. The standard InChI is InChI=1S/C22H21N5O/c1-22(2)12-16-18(17(28)13-22)19(15-10-6-7-11-23-15)27-21(24-16)25-20(26-27)14-8-4-3-5-9-14/h3-11,19H,12-13H2,1-2H3,(H,24,25,26). The van der Waals surface area contributed by atoms with Crippen molar-refractivity contribution in [2.24, 2.45) is 5.41 Å². The largest absolute Gasteiger partial charge is 0.328 e. The van der Waals surface area contributed by atoms with Gasteiger partial charge in [0.15, 0.2) is 11.6 Å². The number of carbonyl (C=O) groups is 1. The van der Waals surface area contributed by atoms with Crippen molar-refractivity contribution in [3.05, 3.63) is 71.7 Å². The fourth-order valence-electron chi connectivity index (χ4n) is 4.13. The lowest BCUT2D eigenvalue weighted by molar-refractivity contribution is -0.118. The molecule has 28 heavy (non-hydrogen) atoms. The monoisotopic (exact) mass is 371 g/mol. The highest BCUT2D eigenvalue weighted by molar-refractivity contribution is 6.00. The summed E-state index contributed by atoms with van der Waals surface area (Å²) in [6, 6.07) is 15.3. The van der Waals surface area contributed by atoms with Gasteiger partial charge in [-0.3, -0.25) is 9.78 Å². The number of anilines is 1. The number of aromatic nitrogens is 4. The molecular formula is C22H21N5O. The van der Waals surface area contributed by atoms with Crippen LogP contribution in [0.25, 0.3) is 11.4 Å². The summed E-state index contributed by atoms with van der Waals surface area (Å²) in [5.41, 5.74) is 3.36. The first kappa shape index (κ1) is 16.9. The zero-order chi connectivity index (χ0) is 19.3. The molecule has 0 saturated carbocycles. The van der Waals surface area contributed by atoms with Crippen LogP contribution in [0.3, 0.4) is 0 Å². The van der Waals surface area contributed by atoms with Crippen LogP contribution in [0.4, 0.5) is 5.95 Å². The molecule has 3 heterocycles. The Labute approximate surface area is 163 Å². The Bertz CT molecular complexity index is 1080. The Morgan fingerprint density at radius 2 is 1.86 bits per heavy atom. The maximum Gasteiger partial charge on any atom is 0.226 e. The predicted molar refractivity (Wildman–Crippen MR) is 107 cm³/mol. The number of fused-ring (bicyclic) bond motifs is 1. The normalized spacial score (nSPS) is 20.4. The number of rotatable bonds is 2. The summed E-state index contributed by atoms with van der Waals surface area (Å²) in [4.78, 5) is 22.4. The van der Waals surface area contributed by atoms with E-state index in [4.69, 9.17) is 10.1 Å². The van der Waals surface area contributed by atoms with Crippen LogP contribution in [0.1, 0.15) is 38.4 Å². The first-order valence-electron chi connectivity index (χ1n) is 9.48. The molecule has 0 spiro atoms. The Balaban J connectivity index is 1.69. The quantitative estimate of drug-likeness (QED) is 0.737. The zero-order valence-electron chi connectivity index (χ0n) is 15.9. The third-order valence-corrected chi connectivity index (χ3v) is 5.33. The van der Waals surface area contributed by atoms with Crippen LogP contribution in [0.2, 0.25) is 0 Å². The number of allylic oxidation sites excluding steroid dienone is 2. The summed E-state index contributed by atoms with van der Waals surface area (Å²) in [6.07, 6.45) is 3.07. The summed E-state index contributed by atoms with van der Waals surface area (Å²) in [5.74, 6) is 1.44. The van der Waals surface area contributed by atoms with E-state index in [1.165, 1.54) is 0 Å². The Morgan fingerprint density at radius 3 is 2.61 bits per heavy atom. The molecule has 1 aliphatic heterocycles. The molecule has 0 fully saturated rings. The van der Waals surface area contributed by atoms with Crippen LogP contribution < -0.4 is 5.32 Å². The molecule has 6 nitrogen and oxygen atoms in total. The summed E-state index contributed by atoms with van der Waals surface area (Å²) >= 11 is 0. The second kappa shape index (κ2) is 6.12. The molecule has 5 rings (SSSR count). The first-order valence-corrected chi connectivity index (χ1v) is 9.48. The molecule has 0 radical (unpaired) electrons. The zero-order valence-corrected chi connectivity index (χ0v) is 15.9. The van der Waals surface area contributed by atoms with E-state index in [9.17, 15) is 4.79 Å². The minimum atomic E-state index is -0.360. The van der Waals surface area contributed by atoms with Gasteiger partial charge in [-0.05, 0) is 24.0 Å². The van der Waals surface area contributed by atoms with E-state index in [1.54, 1.807) is 10.9 Å². The van der Waals surface area contributed by atoms with Crippen LogP contribution in [0.15, 0.2) is 66.0 Å². The fourth-order valence-corrected chi connectivity index (χ4v) is 4.13. The minimum absolute atomic E-state index is 0.0813. The molecule has 1 aliphatic carbocycles. The van der Waals surface area contributed by atoms with Gasteiger partial charge < -0.3 is 5.32 Å². The third-order valence-electron chi connectivity index (χ3n) is 5.33. The number of hydrogen-bond donors (Lipinski definition) is 1. The van der Waals surface area contributed by atoms with Gasteiger partial charge in [0, 0.05) is 29.5 Å². The maximum atomic E-state index is 13.1. The topological polar surface area (TPSA) is 72.7 Å². The number of hydrogen-bond acceptors (Lipinski definition) is 5. The number of Topliss-reactive ketones (excluding diaryl/α,β-unsaturated/α-hetero) is 1. The molecular weight excluding hydrogens is 350 g/mol. The SMILES string of the molecule is CC1(C)CC(=O)C2=C(C1)Nc1nc(-c3ccccc3)nn1C2c1ccccn1. The van der Waals surface area contributed by atoms with Gasteiger partial charge in [-0.1, -0.05) is 50.2 Å². The second-order valence-corrected chi connectivity index (χ2v) is 8.18. The van der Waals surface area contributed by atoms with E-state index in [-0.39, 0.29) is 17.2 Å². The number of nitrogens with one attached hydrogen (secondary N) is 1. The van der Waals surface area contributed by atoms with Crippen molar-refractivity contribution in [3.8, 4) is 11.4 Å². The van der Waals surface area contributed by atoms with Gasteiger partial charge in [-0.2, -0.15) is 4.98 Å². The van der Waals surface area contributed by atoms with E-state index >= 15 is 0 Å². The van der Waals surface area contributed by atoms with Crippen molar-refractivity contribution < 1.29 is 4.79 Å². The molecule has 1 N–H and O–H groups in total. The minimum Gasteiger partial charge on any atom is -0.328 e. The van der Waals surface area contributed by atoms with E-state index in [1.807, 2.05) is 48.5 Å². The molecule has 1 unspecified atom stereocenters. The van der Waals surface area contributed by atoms with Gasteiger partial charge >= 0.3 is 0 Å². The van der Waals surface area contributed by atoms with Gasteiger partial charge in [0.2, 0.25) is 5.95 Å². The van der Waals surface area contributed by atoms with Crippen LogP contribution >= 0.6 is 0 Å². The van der Waals surface area contributed by atoms with Gasteiger partial charge in [0.25, 0.3) is 0 Å². The molecule has 0 saturated heterocycles. The third kappa shape index (κ3) is 2.72. The van der Waals surface area contributed by atoms with Gasteiger partial charge in [-0.15, -0.1) is 5.10 Å². The van der Waals surface area contributed by atoms with Gasteiger partial charge in [-0.25, -0.2) is 4.68 Å². The lowest BCUT2D eigenvalue weighted by Gasteiger charge is -2.37. The Hall–Kier alpha value is -3.28. The molecule has 1 atom stereocenters. The van der Waals surface area contributed by atoms with Gasteiger partial charge in [0.1, 0.15) is 6.04 Å². The number of benzene rings is 1. The van der Waals surface area contributed by atoms with Crippen LogP contribution in [0.5, 0.6) is 0 Å². The average Bonchev–Trinajstić information content (AvgIpc) is 3.10. The van der Waals surface area contributed by atoms with Crippen molar-refractivity contribution in [1.29, 1.82) is 0 Å². The first-order chi connectivity index (χ1) is 13.5. The summed E-state index contributed by atoms with van der Waals surface area (Å²) in [7, 11) is 0. The van der Waals surface area contributed by atoms with Crippen LogP contribution in [-0.2, 0) is 4.79 Å². The second-order valence-electron chi connectivity index (χ2n) is 8.18. The maximum absolute atomic E-state index is 13.1. The van der Waals surface area contributed by atoms with E-state index in [0.29, 0.717) is 18.2 Å². The van der Waals surface area contributed by atoms with E-state index in [0.717, 1.165) is 28.9 Å². The van der Waals surface area contributed by atoms with Crippen LogP contribution in [0, 0.1) is 5.41 Å². The molecule has 2 aliphatic rings. The van der Waals surface area contributed by atoms with Crippen LogP contribution in [-0.4, -0.2) is 25.5 Å². The average molecular weight is 371 g/mol. The van der Waals surface area contributed by atoms with Crippen molar-refractivity contribution >= 4 is 11.7 Å². The highest BCUT2D eigenvalue weighted by Crippen LogP contribution is 2.45. The molecule has 1 aromatic carbocycles. The van der Waals surface area contributed by atoms with Gasteiger partial charge in [0.05, 0.1) is 5.69 Å². The Morgan fingerprint density at radius 1 is 1.07 bits per heavy atom. The van der Waals surface area contributed by atoms with Crippen molar-refractivity contribution in [2.75, 3.05) is 5.32 Å². The lowest BCUT2D eigenvalue weighted by Crippen LogP contribution is -2.36.